The first-order valence-corrected chi connectivity index (χ1v) is 7.26. The summed E-state index contributed by atoms with van der Waals surface area (Å²) in [5.74, 6) is 2.82. The first-order valence-electron chi connectivity index (χ1n) is 7.26. The van der Waals surface area contributed by atoms with Crippen LogP contribution in [0.25, 0.3) is 0 Å². The van der Waals surface area contributed by atoms with Crippen molar-refractivity contribution in [2.45, 2.75) is 52.6 Å². The summed E-state index contributed by atoms with van der Waals surface area (Å²) in [5, 5.41) is 3.21. The van der Waals surface area contributed by atoms with Crippen molar-refractivity contribution in [2.75, 3.05) is 19.0 Å². The summed E-state index contributed by atoms with van der Waals surface area (Å²) in [4.78, 5) is 9.41. The Hall–Kier alpha value is -1.16. The molecule has 0 saturated heterocycles. The average Bonchev–Trinajstić information content (AvgIpc) is 3.18. The van der Waals surface area contributed by atoms with Crippen LogP contribution in [0.4, 0.5) is 5.82 Å². The van der Waals surface area contributed by atoms with Crippen molar-refractivity contribution >= 4 is 5.82 Å². The minimum atomic E-state index is 0.0667. The van der Waals surface area contributed by atoms with Crippen LogP contribution < -0.4 is 5.32 Å². The first-order chi connectivity index (χ1) is 9.08. The van der Waals surface area contributed by atoms with Crippen LogP contribution in [0, 0.1) is 12.8 Å². The highest BCUT2D eigenvalue weighted by molar-refractivity contribution is 5.48. The van der Waals surface area contributed by atoms with Gasteiger partial charge in [0.05, 0.1) is 0 Å². The minimum Gasteiger partial charge on any atom is -0.373 e. The lowest BCUT2D eigenvalue weighted by Gasteiger charge is -2.20. The fourth-order valence-electron chi connectivity index (χ4n) is 2.61. The molecule has 0 bridgehead atoms. The third-order valence-corrected chi connectivity index (χ3v) is 3.62. The fraction of sp³-hybridized carbons (Fsp3) is 0.733. The van der Waals surface area contributed by atoms with E-state index >= 15 is 0 Å². The van der Waals surface area contributed by atoms with Gasteiger partial charge in [-0.2, -0.15) is 0 Å². The fourth-order valence-corrected chi connectivity index (χ4v) is 2.61. The molecule has 1 aromatic rings. The van der Waals surface area contributed by atoms with E-state index in [-0.39, 0.29) is 6.10 Å². The second-order valence-corrected chi connectivity index (χ2v) is 5.55. The van der Waals surface area contributed by atoms with Gasteiger partial charge in [-0.1, -0.05) is 13.8 Å². The van der Waals surface area contributed by atoms with Crippen LogP contribution in [0.3, 0.4) is 0 Å². The SMILES string of the molecule is CCOC(c1nc(C)c(C(C)C)c(NC)n1)C1CC1. The van der Waals surface area contributed by atoms with Crippen molar-refractivity contribution in [2.24, 2.45) is 5.92 Å². The van der Waals surface area contributed by atoms with Crippen LogP contribution in [0.5, 0.6) is 0 Å². The van der Waals surface area contributed by atoms with E-state index in [1.165, 1.54) is 18.4 Å². The molecule has 1 aliphatic rings. The van der Waals surface area contributed by atoms with Gasteiger partial charge >= 0.3 is 0 Å². The lowest BCUT2D eigenvalue weighted by molar-refractivity contribution is 0.0400. The van der Waals surface area contributed by atoms with E-state index in [1.54, 1.807) is 0 Å². The van der Waals surface area contributed by atoms with Crippen LogP contribution in [0.1, 0.15) is 62.7 Å². The van der Waals surface area contributed by atoms with E-state index in [4.69, 9.17) is 14.7 Å². The molecule has 106 valence electrons. The molecule has 4 heteroatoms. The number of aromatic nitrogens is 2. The number of hydrogen-bond acceptors (Lipinski definition) is 4. The smallest absolute Gasteiger partial charge is 0.160 e. The van der Waals surface area contributed by atoms with E-state index < -0.39 is 0 Å². The van der Waals surface area contributed by atoms with Gasteiger partial charge < -0.3 is 10.1 Å². The molecular formula is C15H25N3O. The molecule has 0 spiro atoms. The molecule has 1 aliphatic carbocycles. The second kappa shape index (κ2) is 5.87. The van der Waals surface area contributed by atoms with E-state index in [0.29, 0.717) is 18.4 Å². The summed E-state index contributed by atoms with van der Waals surface area (Å²) in [7, 11) is 1.92. The maximum absolute atomic E-state index is 5.85. The summed E-state index contributed by atoms with van der Waals surface area (Å²) in [6.07, 6.45) is 2.53. The van der Waals surface area contributed by atoms with Gasteiger partial charge in [0.2, 0.25) is 0 Å². The van der Waals surface area contributed by atoms with Gasteiger partial charge in [0.1, 0.15) is 11.9 Å². The van der Waals surface area contributed by atoms with Crippen molar-refractivity contribution in [3.05, 3.63) is 17.1 Å². The van der Waals surface area contributed by atoms with Gasteiger partial charge in [-0.05, 0) is 38.5 Å². The molecule has 0 amide bonds. The Labute approximate surface area is 116 Å². The normalized spacial score (nSPS) is 16.7. The Morgan fingerprint density at radius 3 is 2.47 bits per heavy atom. The number of ether oxygens (including phenoxy) is 1. The van der Waals surface area contributed by atoms with E-state index in [0.717, 1.165) is 17.3 Å². The van der Waals surface area contributed by atoms with Gasteiger partial charge in [0.25, 0.3) is 0 Å². The monoisotopic (exact) mass is 263 g/mol. The summed E-state index contributed by atoms with van der Waals surface area (Å²) in [5.41, 5.74) is 2.27. The number of rotatable bonds is 6. The number of nitrogens with one attached hydrogen (secondary N) is 1. The molecular weight excluding hydrogens is 238 g/mol. The van der Waals surface area contributed by atoms with Crippen molar-refractivity contribution in [3.8, 4) is 0 Å². The molecule has 4 nitrogen and oxygen atoms in total. The first kappa shape index (κ1) is 14.3. The molecule has 1 N–H and O–H groups in total. The van der Waals surface area contributed by atoms with Crippen molar-refractivity contribution in [1.82, 2.24) is 9.97 Å². The van der Waals surface area contributed by atoms with Crippen LogP contribution in [-0.4, -0.2) is 23.6 Å². The van der Waals surface area contributed by atoms with Crippen LogP contribution in [0.2, 0.25) is 0 Å². The highest BCUT2D eigenvalue weighted by atomic mass is 16.5. The number of anilines is 1. The predicted octanol–water partition coefficient (Wildman–Crippen LogP) is 3.44. The second-order valence-electron chi connectivity index (χ2n) is 5.55. The maximum Gasteiger partial charge on any atom is 0.160 e. The standard InChI is InChI=1S/C15H25N3O/c1-6-19-13(11-7-8-11)15-17-10(4)12(9(2)3)14(16-5)18-15/h9,11,13H,6-8H2,1-5H3,(H,16,17,18). The molecule has 2 rings (SSSR count). The number of aryl methyl sites for hydroxylation is 1. The molecule has 19 heavy (non-hydrogen) atoms. The van der Waals surface area contributed by atoms with E-state index in [1.807, 2.05) is 14.0 Å². The Bertz CT molecular complexity index is 441. The van der Waals surface area contributed by atoms with Crippen molar-refractivity contribution in [1.29, 1.82) is 0 Å². The molecule has 1 unspecified atom stereocenters. The van der Waals surface area contributed by atoms with Gasteiger partial charge in [0, 0.05) is 24.9 Å². The van der Waals surface area contributed by atoms with Gasteiger partial charge in [-0.3, -0.25) is 0 Å². The minimum absolute atomic E-state index is 0.0667. The molecule has 1 saturated carbocycles. The maximum atomic E-state index is 5.85. The predicted molar refractivity (Wildman–Crippen MR) is 77.5 cm³/mol. The van der Waals surface area contributed by atoms with E-state index in [2.05, 4.69) is 26.1 Å². The zero-order chi connectivity index (χ0) is 14.0. The Morgan fingerprint density at radius 1 is 1.32 bits per heavy atom. The molecule has 1 heterocycles. The Kier molecular flexibility index (Phi) is 4.40. The highest BCUT2D eigenvalue weighted by Crippen LogP contribution is 2.42. The summed E-state index contributed by atoms with van der Waals surface area (Å²) in [6.45, 7) is 9.16. The number of hydrogen-bond donors (Lipinski definition) is 1. The highest BCUT2D eigenvalue weighted by Gasteiger charge is 2.35. The van der Waals surface area contributed by atoms with Crippen molar-refractivity contribution < 1.29 is 4.74 Å². The Morgan fingerprint density at radius 2 is 2.00 bits per heavy atom. The lowest BCUT2D eigenvalue weighted by atomic mass is 10.0. The largest absolute Gasteiger partial charge is 0.373 e. The van der Waals surface area contributed by atoms with Gasteiger partial charge in [0.15, 0.2) is 5.82 Å². The molecule has 0 aromatic carbocycles. The zero-order valence-corrected chi connectivity index (χ0v) is 12.7. The Balaban J connectivity index is 2.38. The topological polar surface area (TPSA) is 47.0 Å². The van der Waals surface area contributed by atoms with Crippen molar-refractivity contribution in [3.63, 3.8) is 0 Å². The van der Waals surface area contributed by atoms with Gasteiger partial charge in [-0.25, -0.2) is 9.97 Å². The summed E-state index contributed by atoms with van der Waals surface area (Å²) >= 11 is 0. The quantitative estimate of drug-likeness (QED) is 0.854. The average molecular weight is 263 g/mol. The lowest BCUT2D eigenvalue weighted by Crippen LogP contribution is -2.15. The zero-order valence-electron chi connectivity index (χ0n) is 12.7. The van der Waals surface area contributed by atoms with Gasteiger partial charge in [-0.15, -0.1) is 0 Å². The summed E-state index contributed by atoms with van der Waals surface area (Å²) in [6, 6.07) is 0. The molecule has 1 fully saturated rings. The van der Waals surface area contributed by atoms with Crippen LogP contribution in [-0.2, 0) is 4.74 Å². The molecule has 0 aliphatic heterocycles. The van der Waals surface area contributed by atoms with Crippen LogP contribution >= 0.6 is 0 Å². The molecule has 0 radical (unpaired) electrons. The number of nitrogens with zero attached hydrogens (tertiary/aromatic N) is 2. The third kappa shape index (κ3) is 3.06. The van der Waals surface area contributed by atoms with E-state index in [9.17, 15) is 0 Å². The molecule has 1 atom stereocenters. The van der Waals surface area contributed by atoms with Crippen LogP contribution in [0.15, 0.2) is 0 Å². The third-order valence-electron chi connectivity index (χ3n) is 3.62. The molecule has 1 aromatic heterocycles. The summed E-state index contributed by atoms with van der Waals surface area (Å²) < 4.78 is 5.85.